The fourth-order valence-electron chi connectivity index (χ4n) is 1.38. The highest BCUT2D eigenvalue weighted by molar-refractivity contribution is 4.64. The topological polar surface area (TPSA) is 30.5 Å². The summed E-state index contributed by atoms with van der Waals surface area (Å²) in [6.45, 7) is 1.73. The van der Waals surface area contributed by atoms with Crippen molar-refractivity contribution >= 4 is 0 Å². The molecule has 0 saturated carbocycles. The maximum absolute atomic E-state index is 5.01. The van der Waals surface area contributed by atoms with Crippen molar-refractivity contribution < 1.29 is 9.47 Å². The Labute approximate surface area is 81.8 Å². The van der Waals surface area contributed by atoms with Crippen LogP contribution in [0.3, 0.4) is 0 Å². The molecule has 0 bridgehead atoms. The Balaban J connectivity index is 3.28. The van der Waals surface area contributed by atoms with Crippen molar-refractivity contribution in [3.05, 3.63) is 0 Å². The van der Waals surface area contributed by atoms with Crippen LogP contribution in [0.15, 0.2) is 0 Å². The molecule has 0 aliphatic heterocycles. The van der Waals surface area contributed by atoms with Crippen molar-refractivity contribution in [3.63, 3.8) is 0 Å². The zero-order valence-electron chi connectivity index (χ0n) is 9.14. The lowest BCUT2D eigenvalue weighted by molar-refractivity contribution is 0.179. The number of nitrogens with one attached hydrogen (secondary N) is 1. The molecule has 0 heterocycles. The van der Waals surface area contributed by atoms with Gasteiger partial charge in [-0.05, 0) is 32.7 Å². The van der Waals surface area contributed by atoms with Crippen LogP contribution in [0.25, 0.3) is 0 Å². The van der Waals surface area contributed by atoms with Crippen LogP contribution < -0.4 is 5.32 Å². The third kappa shape index (κ3) is 8.22. The molecule has 0 aliphatic carbocycles. The first-order valence-corrected chi connectivity index (χ1v) is 5.00. The summed E-state index contributed by atoms with van der Waals surface area (Å²) in [5.41, 5.74) is 0. The van der Waals surface area contributed by atoms with Crippen LogP contribution in [-0.2, 0) is 9.47 Å². The second-order valence-electron chi connectivity index (χ2n) is 3.26. The second kappa shape index (κ2) is 9.96. The molecule has 0 atom stereocenters. The fourth-order valence-corrected chi connectivity index (χ4v) is 1.38. The van der Waals surface area contributed by atoms with Crippen LogP contribution >= 0.6 is 0 Å². The van der Waals surface area contributed by atoms with E-state index in [1.165, 1.54) is 12.8 Å². The summed E-state index contributed by atoms with van der Waals surface area (Å²) in [6, 6.07) is 0.616. The highest BCUT2D eigenvalue weighted by Gasteiger charge is 2.04. The molecule has 0 aliphatic rings. The van der Waals surface area contributed by atoms with Crippen molar-refractivity contribution in [3.8, 4) is 0 Å². The minimum absolute atomic E-state index is 0.616. The van der Waals surface area contributed by atoms with Gasteiger partial charge >= 0.3 is 0 Å². The molecule has 13 heavy (non-hydrogen) atoms. The summed E-state index contributed by atoms with van der Waals surface area (Å²) in [4.78, 5) is 0. The van der Waals surface area contributed by atoms with Crippen molar-refractivity contribution in [2.24, 2.45) is 0 Å². The van der Waals surface area contributed by atoms with Crippen LogP contribution in [0.4, 0.5) is 0 Å². The fraction of sp³-hybridized carbons (Fsp3) is 1.00. The van der Waals surface area contributed by atoms with Crippen molar-refractivity contribution in [2.75, 3.05) is 34.5 Å². The Kier molecular flexibility index (Phi) is 9.87. The Morgan fingerprint density at radius 3 is 1.77 bits per heavy atom. The van der Waals surface area contributed by atoms with E-state index >= 15 is 0 Å². The highest BCUT2D eigenvalue weighted by atomic mass is 16.5. The number of hydrogen-bond donors (Lipinski definition) is 1. The standard InChI is InChI=1S/C10H23NO2/c1-11-10(6-4-8-12-2)7-5-9-13-3/h10-11H,4-9H2,1-3H3. The van der Waals surface area contributed by atoms with Crippen LogP contribution in [0.5, 0.6) is 0 Å². The quantitative estimate of drug-likeness (QED) is 0.557. The molecule has 80 valence electrons. The Hall–Kier alpha value is -0.120. The molecule has 3 nitrogen and oxygen atoms in total. The first-order chi connectivity index (χ1) is 6.35. The van der Waals surface area contributed by atoms with Crippen LogP contribution in [0, 0.1) is 0 Å². The lowest BCUT2D eigenvalue weighted by Gasteiger charge is -2.15. The zero-order chi connectivity index (χ0) is 9.94. The summed E-state index contributed by atoms with van der Waals surface area (Å²) in [7, 11) is 5.52. The number of hydrogen-bond acceptors (Lipinski definition) is 3. The van der Waals surface area contributed by atoms with Crippen LogP contribution in [0.1, 0.15) is 25.7 Å². The molecule has 0 aromatic carbocycles. The van der Waals surface area contributed by atoms with E-state index in [9.17, 15) is 0 Å². The van der Waals surface area contributed by atoms with E-state index in [1.54, 1.807) is 14.2 Å². The Morgan fingerprint density at radius 1 is 1.00 bits per heavy atom. The smallest absolute Gasteiger partial charge is 0.0462 e. The second-order valence-corrected chi connectivity index (χ2v) is 3.26. The minimum atomic E-state index is 0.616. The molecule has 3 heteroatoms. The molecule has 0 amide bonds. The third-order valence-corrected chi connectivity index (χ3v) is 2.21. The molecule has 0 unspecified atom stereocenters. The van der Waals surface area contributed by atoms with E-state index in [2.05, 4.69) is 5.32 Å². The monoisotopic (exact) mass is 189 g/mol. The summed E-state index contributed by atoms with van der Waals surface area (Å²) in [5, 5.41) is 3.31. The normalized spacial score (nSPS) is 11.1. The summed E-state index contributed by atoms with van der Waals surface area (Å²) in [6.07, 6.45) is 4.64. The maximum atomic E-state index is 5.01. The van der Waals surface area contributed by atoms with Gasteiger partial charge in [0.1, 0.15) is 0 Å². The summed E-state index contributed by atoms with van der Waals surface area (Å²) in [5.74, 6) is 0. The largest absolute Gasteiger partial charge is 0.385 e. The minimum Gasteiger partial charge on any atom is -0.385 e. The van der Waals surface area contributed by atoms with Gasteiger partial charge in [0, 0.05) is 33.5 Å². The number of methoxy groups -OCH3 is 2. The van der Waals surface area contributed by atoms with E-state index in [-0.39, 0.29) is 0 Å². The number of ether oxygens (including phenoxy) is 2. The first-order valence-electron chi connectivity index (χ1n) is 5.00. The van der Waals surface area contributed by atoms with Gasteiger partial charge in [0.15, 0.2) is 0 Å². The molecule has 0 aromatic heterocycles. The molecular weight excluding hydrogens is 166 g/mol. The van der Waals surface area contributed by atoms with Gasteiger partial charge in [-0.1, -0.05) is 0 Å². The van der Waals surface area contributed by atoms with Gasteiger partial charge in [0.25, 0.3) is 0 Å². The van der Waals surface area contributed by atoms with E-state index < -0.39 is 0 Å². The SMILES string of the molecule is CNC(CCCOC)CCCOC. The summed E-state index contributed by atoms with van der Waals surface area (Å²) >= 11 is 0. The Morgan fingerprint density at radius 2 is 1.46 bits per heavy atom. The predicted octanol–water partition coefficient (Wildman–Crippen LogP) is 1.43. The van der Waals surface area contributed by atoms with Crippen LogP contribution in [-0.4, -0.2) is 40.5 Å². The number of rotatable bonds is 9. The van der Waals surface area contributed by atoms with E-state index in [1.807, 2.05) is 7.05 Å². The molecule has 0 aromatic rings. The molecule has 0 spiro atoms. The van der Waals surface area contributed by atoms with E-state index in [0.717, 1.165) is 26.1 Å². The van der Waals surface area contributed by atoms with Crippen molar-refractivity contribution in [1.82, 2.24) is 5.32 Å². The predicted molar refractivity (Wildman–Crippen MR) is 55.1 cm³/mol. The molecule has 0 radical (unpaired) electrons. The lowest BCUT2D eigenvalue weighted by atomic mass is 10.1. The molecule has 1 N–H and O–H groups in total. The van der Waals surface area contributed by atoms with Crippen LogP contribution in [0.2, 0.25) is 0 Å². The molecule has 0 saturated heterocycles. The maximum Gasteiger partial charge on any atom is 0.0462 e. The molecule has 0 fully saturated rings. The molecular formula is C10H23NO2. The van der Waals surface area contributed by atoms with Gasteiger partial charge in [-0.25, -0.2) is 0 Å². The van der Waals surface area contributed by atoms with Gasteiger partial charge in [0.05, 0.1) is 0 Å². The average Bonchev–Trinajstić information content (AvgIpc) is 2.16. The Bertz CT molecular complexity index is 88.9. The van der Waals surface area contributed by atoms with Crippen molar-refractivity contribution in [2.45, 2.75) is 31.7 Å². The van der Waals surface area contributed by atoms with E-state index in [0.29, 0.717) is 6.04 Å². The lowest BCUT2D eigenvalue weighted by Crippen LogP contribution is -2.25. The van der Waals surface area contributed by atoms with Gasteiger partial charge in [-0.3, -0.25) is 0 Å². The average molecular weight is 189 g/mol. The van der Waals surface area contributed by atoms with Gasteiger partial charge in [0.2, 0.25) is 0 Å². The van der Waals surface area contributed by atoms with E-state index in [4.69, 9.17) is 9.47 Å². The molecule has 0 rings (SSSR count). The highest BCUT2D eigenvalue weighted by Crippen LogP contribution is 2.04. The first kappa shape index (κ1) is 12.9. The summed E-state index contributed by atoms with van der Waals surface area (Å²) < 4.78 is 10.0. The van der Waals surface area contributed by atoms with Crippen molar-refractivity contribution in [1.29, 1.82) is 0 Å². The van der Waals surface area contributed by atoms with Gasteiger partial charge in [-0.2, -0.15) is 0 Å². The van der Waals surface area contributed by atoms with Gasteiger partial charge < -0.3 is 14.8 Å². The van der Waals surface area contributed by atoms with Gasteiger partial charge in [-0.15, -0.1) is 0 Å². The third-order valence-electron chi connectivity index (χ3n) is 2.21. The zero-order valence-corrected chi connectivity index (χ0v) is 9.14.